The molecule has 7 heteroatoms. The maximum absolute atomic E-state index is 9.00. The topological polar surface area (TPSA) is 82.7 Å². The van der Waals surface area contributed by atoms with Crippen molar-refractivity contribution in [2.75, 3.05) is 18.5 Å². The number of nitrogens with one attached hydrogen (secondary N) is 2. The molecule has 22 heavy (non-hydrogen) atoms. The number of rotatable bonds is 4. The van der Waals surface area contributed by atoms with Gasteiger partial charge < -0.3 is 21.5 Å². The van der Waals surface area contributed by atoms with E-state index in [1.165, 1.54) is 6.42 Å². The second-order valence-corrected chi connectivity index (χ2v) is 6.25. The zero-order valence-corrected chi connectivity index (χ0v) is 13.9. The van der Waals surface area contributed by atoms with Crippen molar-refractivity contribution in [1.29, 1.82) is 0 Å². The molecule has 2 atom stereocenters. The third-order valence-corrected chi connectivity index (χ3v) is 4.24. The number of nitrogens with zero attached hydrogens (tertiary/aromatic N) is 1. The Morgan fingerprint density at radius 2 is 2.09 bits per heavy atom. The molecule has 0 heterocycles. The first-order chi connectivity index (χ1) is 10.6. The van der Waals surface area contributed by atoms with E-state index in [1.807, 2.05) is 0 Å². The summed E-state index contributed by atoms with van der Waals surface area (Å²) in [6.07, 6.45) is 4.33. The van der Waals surface area contributed by atoms with Crippen molar-refractivity contribution in [2.45, 2.75) is 37.8 Å². The fourth-order valence-corrected chi connectivity index (χ4v) is 2.97. The van der Waals surface area contributed by atoms with Crippen molar-refractivity contribution in [3.63, 3.8) is 0 Å². The van der Waals surface area contributed by atoms with Gasteiger partial charge in [-0.3, -0.25) is 4.99 Å². The number of aliphatic hydroxyl groups excluding tert-OH is 1. The fourth-order valence-electron chi connectivity index (χ4n) is 2.52. The van der Waals surface area contributed by atoms with Gasteiger partial charge in [0.2, 0.25) is 0 Å². The van der Waals surface area contributed by atoms with Gasteiger partial charge in [-0.25, -0.2) is 0 Å². The predicted octanol–water partition coefficient (Wildman–Crippen LogP) is 2.61. The first kappa shape index (κ1) is 17.3. The smallest absolute Gasteiger partial charge is 0.196 e. The average Bonchev–Trinajstić information content (AvgIpc) is 2.49. The summed E-state index contributed by atoms with van der Waals surface area (Å²) in [4.78, 5) is 4.33. The third-order valence-electron chi connectivity index (χ3n) is 3.70. The first-order valence-electron chi connectivity index (χ1n) is 7.49. The van der Waals surface area contributed by atoms with Crippen LogP contribution in [-0.4, -0.2) is 36.3 Å². The molecule has 0 spiro atoms. The SMILES string of the molecule is N[C@H]1CCCC[C@@H]1NC(=NCCO)Nc1ccc(Cl)cc1Cl. The Morgan fingerprint density at radius 3 is 2.77 bits per heavy atom. The van der Waals surface area contributed by atoms with E-state index in [2.05, 4.69) is 15.6 Å². The van der Waals surface area contributed by atoms with Crippen LogP contribution in [0.25, 0.3) is 0 Å². The van der Waals surface area contributed by atoms with E-state index in [-0.39, 0.29) is 18.7 Å². The Morgan fingerprint density at radius 1 is 1.32 bits per heavy atom. The minimum Gasteiger partial charge on any atom is -0.394 e. The molecule has 0 aromatic heterocycles. The zero-order chi connectivity index (χ0) is 15.9. The molecular formula is C15H22Cl2N4O. The van der Waals surface area contributed by atoms with Crippen LogP contribution in [0.4, 0.5) is 5.69 Å². The first-order valence-corrected chi connectivity index (χ1v) is 8.25. The van der Waals surface area contributed by atoms with Crippen LogP contribution in [0.15, 0.2) is 23.2 Å². The quantitative estimate of drug-likeness (QED) is 0.499. The van der Waals surface area contributed by atoms with Crippen LogP contribution in [0.1, 0.15) is 25.7 Å². The second kappa shape index (κ2) is 8.58. The number of anilines is 1. The summed E-state index contributed by atoms with van der Waals surface area (Å²) in [6, 6.07) is 5.50. The Hall–Kier alpha value is -1.01. The lowest BCUT2D eigenvalue weighted by Gasteiger charge is -2.30. The van der Waals surface area contributed by atoms with Crippen LogP contribution in [0, 0.1) is 0 Å². The number of hydrogen-bond donors (Lipinski definition) is 4. The highest BCUT2D eigenvalue weighted by atomic mass is 35.5. The molecule has 122 valence electrons. The number of nitrogens with two attached hydrogens (primary N) is 1. The van der Waals surface area contributed by atoms with Gasteiger partial charge in [0, 0.05) is 17.1 Å². The molecule has 0 aliphatic heterocycles. The molecule has 0 unspecified atom stereocenters. The van der Waals surface area contributed by atoms with E-state index >= 15 is 0 Å². The molecule has 2 rings (SSSR count). The summed E-state index contributed by atoms with van der Waals surface area (Å²) in [6.45, 7) is 0.292. The summed E-state index contributed by atoms with van der Waals surface area (Å²) in [5.41, 5.74) is 6.87. The van der Waals surface area contributed by atoms with E-state index in [0.717, 1.165) is 19.3 Å². The highest BCUT2D eigenvalue weighted by Gasteiger charge is 2.22. The molecule has 1 aromatic carbocycles. The molecule has 1 aliphatic rings. The van der Waals surface area contributed by atoms with E-state index in [4.69, 9.17) is 34.0 Å². The molecule has 0 radical (unpaired) electrons. The number of aliphatic imine (C=N–C) groups is 1. The number of halogens is 2. The number of benzene rings is 1. The zero-order valence-electron chi connectivity index (χ0n) is 12.4. The maximum Gasteiger partial charge on any atom is 0.196 e. The van der Waals surface area contributed by atoms with Crippen LogP contribution in [0.3, 0.4) is 0 Å². The van der Waals surface area contributed by atoms with Crippen molar-refractivity contribution in [3.05, 3.63) is 28.2 Å². The van der Waals surface area contributed by atoms with Crippen molar-refractivity contribution < 1.29 is 5.11 Å². The fraction of sp³-hybridized carbons (Fsp3) is 0.533. The molecule has 1 saturated carbocycles. The van der Waals surface area contributed by atoms with Gasteiger partial charge in [-0.15, -0.1) is 0 Å². The summed E-state index contributed by atoms with van der Waals surface area (Å²) in [5.74, 6) is 0.570. The summed E-state index contributed by atoms with van der Waals surface area (Å²) < 4.78 is 0. The number of aliphatic hydroxyl groups is 1. The van der Waals surface area contributed by atoms with E-state index in [0.29, 0.717) is 28.2 Å². The van der Waals surface area contributed by atoms with Crippen LogP contribution < -0.4 is 16.4 Å². The van der Waals surface area contributed by atoms with Crippen molar-refractivity contribution in [1.82, 2.24) is 5.32 Å². The van der Waals surface area contributed by atoms with Gasteiger partial charge in [0.1, 0.15) is 0 Å². The molecule has 0 amide bonds. The van der Waals surface area contributed by atoms with Gasteiger partial charge in [-0.05, 0) is 31.0 Å². The lowest BCUT2D eigenvalue weighted by Crippen LogP contribution is -2.51. The normalized spacial score (nSPS) is 22.5. The van der Waals surface area contributed by atoms with Gasteiger partial charge in [-0.1, -0.05) is 36.0 Å². The Bertz CT molecular complexity index is 524. The van der Waals surface area contributed by atoms with Gasteiger partial charge in [0.15, 0.2) is 5.96 Å². The Balaban J connectivity index is 2.08. The van der Waals surface area contributed by atoms with E-state index in [9.17, 15) is 0 Å². The summed E-state index contributed by atoms with van der Waals surface area (Å²) >= 11 is 12.1. The lowest BCUT2D eigenvalue weighted by atomic mass is 9.91. The van der Waals surface area contributed by atoms with Gasteiger partial charge >= 0.3 is 0 Å². The largest absolute Gasteiger partial charge is 0.394 e. The van der Waals surface area contributed by atoms with Gasteiger partial charge in [0.25, 0.3) is 0 Å². The molecule has 5 N–H and O–H groups in total. The molecule has 0 saturated heterocycles. The summed E-state index contributed by atoms with van der Waals surface area (Å²) in [5, 5.41) is 16.6. The molecule has 1 aliphatic carbocycles. The van der Waals surface area contributed by atoms with Crippen LogP contribution in [0.5, 0.6) is 0 Å². The second-order valence-electron chi connectivity index (χ2n) is 5.40. The van der Waals surface area contributed by atoms with Crippen LogP contribution >= 0.6 is 23.2 Å². The third kappa shape index (κ3) is 5.02. The van der Waals surface area contributed by atoms with Gasteiger partial charge in [0.05, 0.1) is 23.9 Å². The van der Waals surface area contributed by atoms with Crippen LogP contribution in [-0.2, 0) is 0 Å². The number of hydrogen-bond acceptors (Lipinski definition) is 3. The molecule has 1 fully saturated rings. The molecule has 0 bridgehead atoms. The van der Waals surface area contributed by atoms with E-state index < -0.39 is 0 Å². The molecular weight excluding hydrogens is 323 g/mol. The van der Waals surface area contributed by atoms with Crippen molar-refractivity contribution >= 4 is 34.8 Å². The molecule has 5 nitrogen and oxygen atoms in total. The minimum absolute atomic E-state index is 0.0159. The predicted molar refractivity (Wildman–Crippen MR) is 92.8 cm³/mol. The highest BCUT2D eigenvalue weighted by Crippen LogP contribution is 2.25. The standard InChI is InChI=1S/C15H22Cl2N4O/c16-10-5-6-13(11(17)9-10)20-15(19-7-8-22)21-14-4-2-1-3-12(14)18/h5-6,9,12,14,22H,1-4,7-8,18H2,(H2,19,20,21)/t12-,14-/m0/s1. The Labute approximate surface area is 140 Å². The van der Waals surface area contributed by atoms with E-state index in [1.54, 1.807) is 18.2 Å². The minimum atomic E-state index is -0.0159. The highest BCUT2D eigenvalue weighted by molar-refractivity contribution is 6.36. The average molecular weight is 345 g/mol. The van der Waals surface area contributed by atoms with Crippen molar-refractivity contribution in [2.24, 2.45) is 10.7 Å². The molecule has 1 aromatic rings. The maximum atomic E-state index is 9.00. The van der Waals surface area contributed by atoms with Gasteiger partial charge in [-0.2, -0.15) is 0 Å². The Kier molecular flexibility index (Phi) is 6.76. The lowest BCUT2D eigenvalue weighted by molar-refractivity contribution is 0.306. The monoisotopic (exact) mass is 344 g/mol. The van der Waals surface area contributed by atoms with Crippen LogP contribution in [0.2, 0.25) is 10.0 Å². The van der Waals surface area contributed by atoms with Crippen molar-refractivity contribution in [3.8, 4) is 0 Å². The summed E-state index contributed by atoms with van der Waals surface area (Å²) in [7, 11) is 0. The number of guanidine groups is 1.